The number of hydrogen-bond donors (Lipinski definition) is 1. The van der Waals surface area contributed by atoms with Crippen LogP contribution in [0.3, 0.4) is 0 Å². The number of hydrogen-bond acceptors (Lipinski definition) is 4. The highest BCUT2D eigenvalue weighted by Crippen LogP contribution is 2.34. The number of nitrogen functional groups attached to an aromatic ring is 1. The summed E-state index contributed by atoms with van der Waals surface area (Å²) in [5, 5.41) is 0. The van der Waals surface area contributed by atoms with E-state index in [-0.39, 0.29) is 6.10 Å². The molecule has 1 aliphatic rings. The summed E-state index contributed by atoms with van der Waals surface area (Å²) in [6.07, 6.45) is 2.60. The Kier molecular flexibility index (Phi) is 4.76. The molecule has 0 amide bonds. The number of nitrogens with zero attached hydrogens (tertiary/aromatic N) is 2. The van der Waals surface area contributed by atoms with Crippen LogP contribution in [0.2, 0.25) is 0 Å². The number of piperidine rings is 1. The normalized spacial score (nSPS) is 19.7. The van der Waals surface area contributed by atoms with Gasteiger partial charge in [0.25, 0.3) is 0 Å². The molecular weight excluding hydrogens is 250 g/mol. The molecule has 1 aromatic carbocycles. The first-order chi connectivity index (χ1) is 9.49. The summed E-state index contributed by atoms with van der Waals surface area (Å²) in [6.45, 7) is 6.15. The summed E-state index contributed by atoms with van der Waals surface area (Å²) >= 11 is 0. The Hall–Kier alpha value is -1.42. The van der Waals surface area contributed by atoms with Crippen molar-refractivity contribution in [2.24, 2.45) is 0 Å². The predicted molar refractivity (Wildman–Crippen MR) is 85.5 cm³/mol. The van der Waals surface area contributed by atoms with E-state index in [1.165, 1.54) is 12.8 Å². The second-order valence-electron chi connectivity index (χ2n) is 6.06. The van der Waals surface area contributed by atoms with E-state index < -0.39 is 0 Å². The Morgan fingerprint density at radius 2 is 2.10 bits per heavy atom. The molecule has 4 nitrogen and oxygen atoms in total. The molecule has 0 saturated carbocycles. The number of anilines is 2. The van der Waals surface area contributed by atoms with Gasteiger partial charge in [0, 0.05) is 19.1 Å². The molecule has 112 valence electrons. The lowest BCUT2D eigenvalue weighted by molar-refractivity contribution is 0.243. The Morgan fingerprint density at radius 3 is 2.75 bits per heavy atom. The maximum Gasteiger partial charge on any atom is 0.144 e. The zero-order chi connectivity index (χ0) is 14.7. The van der Waals surface area contributed by atoms with E-state index >= 15 is 0 Å². The van der Waals surface area contributed by atoms with Crippen molar-refractivity contribution < 1.29 is 4.74 Å². The first-order valence-corrected chi connectivity index (χ1v) is 7.45. The molecule has 2 rings (SSSR count). The van der Waals surface area contributed by atoms with Gasteiger partial charge in [0.15, 0.2) is 0 Å². The third-order valence-electron chi connectivity index (χ3n) is 3.87. The Balaban J connectivity index is 2.19. The number of para-hydroxylation sites is 1. The summed E-state index contributed by atoms with van der Waals surface area (Å²) in [5.41, 5.74) is 8.17. The van der Waals surface area contributed by atoms with Crippen LogP contribution in [-0.2, 0) is 0 Å². The predicted octanol–water partition coefficient (Wildman–Crippen LogP) is 2.59. The molecule has 4 heteroatoms. The molecule has 0 bridgehead atoms. The summed E-state index contributed by atoms with van der Waals surface area (Å²) < 4.78 is 5.79. The van der Waals surface area contributed by atoms with E-state index in [1.807, 2.05) is 26.0 Å². The van der Waals surface area contributed by atoms with E-state index in [2.05, 4.69) is 30.0 Å². The van der Waals surface area contributed by atoms with Crippen molar-refractivity contribution in [3.05, 3.63) is 18.2 Å². The van der Waals surface area contributed by atoms with Crippen LogP contribution < -0.4 is 15.4 Å². The Morgan fingerprint density at radius 1 is 1.35 bits per heavy atom. The van der Waals surface area contributed by atoms with Crippen molar-refractivity contribution in [1.29, 1.82) is 0 Å². The molecule has 1 atom stereocenters. The molecule has 1 aliphatic heterocycles. The quantitative estimate of drug-likeness (QED) is 0.859. The van der Waals surface area contributed by atoms with Crippen molar-refractivity contribution in [1.82, 2.24) is 4.90 Å². The maximum atomic E-state index is 6.30. The van der Waals surface area contributed by atoms with Crippen molar-refractivity contribution in [3.63, 3.8) is 0 Å². The van der Waals surface area contributed by atoms with E-state index in [4.69, 9.17) is 10.5 Å². The highest BCUT2D eigenvalue weighted by atomic mass is 16.5. The SMILES string of the molecule is CC(C)Oc1cccc(N2CCCC(N(C)C)C2)c1N. The van der Waals surface area contributed by atoms with Crippen LogP contribution in [0.25, 0.3) is 0 Å². The van der Waals surface area contributed by atoms with Gasteiger partial charge in [-0.25, -0.2) is 0 Å². The molecule has 1 aromatic rings. The van der Waals surface area contributed by atoms with Gasteiger partial charge < -0.3 is 20.3 Å². The van der Waals surface area contributed by atoms with Crippen LogP contribution in [0.1, 0.15) is 26.7 Å². The molecule has 1 fully saturated rings. The minimum atomic E-state index is 0.142. The first kappa shape index (κ1) is 15.0. The largest absolute Gasteiger partial charge is 0.489 e. The summed E-state index contributed by atoms with van der Waals surface area (Å²) in [5.74, 6) is 0.796. The average Bonchev–Trinajstić information content (AvgIpc) is 2.41. The molecular formula is C16H27N3O. The standard InChI is InChI=1S/C16H27N3O/c1-12(2)20-15-9-5-8-14(16(15)17)19-10-6-7-13(11-19)18(3)4/h5,8-9,12-13H,6-7,10-11,17H2,1-4H3. The van der Waals surface area contributed by atoms with Gasteiger partial charge in [-0.3, -0.25) is 0 Å². The molecule has 2 N–H and O–H groups in total. The number of ether oxygens (including phenoxy) is 1. The van der Waals surface area contributed by atoms with Gasteiger partial charge >= 0.3 is 0 Å². The van der Waals surface area contributed by atoms with E-state index in [9.17, 15) is 0 Å². The fraction of sp³-hybridized carbons (Fsp3) is 0.625. The molecule has 1 heterocycles. The molecule has 20 heavy (non-hydrogen) atoms. The molecule has 0 aromatic heterocycles. The smallest absolute Gasteiger partial charge is 0.144 e. The van der Waals surface area contributed by atoms with Crippen molar-refractivity contribution in [2.45, 2.75) is 38.8 Å². The van der Waals surface area contributed by atoms with Crippen LogP contribution in [0.4, 0.5) is 11.4 Å². The van der Waals surface area contributed by atoms with E-state index in [0.717, 1.165) is 30.2 Å². The lowest BCUT2D eigenvalue weighted by atomic mass is 10.0. The lowest BCUT2D eigenvalue weighted by Crippen LogP contribution is -2.45. The van der Waals surface area contributed by atoms with E-state index in [0.29, 0.717) is 6.04 Å². The third-order valence-corrected chi connectivity index (χ3v) is 3.87. The number of benzene rings is 1. The number of nitrogens with two attached hydrogens (primary N) is 1. The van der Waals surface area contributed by atoms with Gasteiger partial charge in [-0.1, -0.05) is 6.07 Å². The van der Waals surface area contributed by atoms with Gasteiger partial charge in [-0.15, -0.1) is 0 Å². The van der Waals surface area contributed by atoms with Gasteiger partial charge in [-0.05, 0) is 52.9 Å². The topological polar surface area (TPSA) is 41.7 Å². The van der Waals surface area contributed by atoms with Crippen molar-refractivity contribution >= 4 is 11.4 Å². The lowest BCUT2D eigenvalue weighted by Gasteiger charge is -2.38. The zero-order valence-electron chi connectivity index (χ0n) is 13.1. The molecule has 1 saturated heterocycles. The van der Waals surface area contributed by atoms with Gasteiger partial charge in [0.1, 0.15) is 5.75 Å². The summed E-state index contributed by atoms with van der Waals surface area (Å²) in [7, 11) is 4.30. The van der Waals surface area contributed by atoms with Crippen molar-refractivity contribution in [3.8, 4) is 5.75 Å². The van der Waals surface area contributed by atoms with Gasteiger partial charge in [0.2, 0.25) is 0 Å². The number of likely N-dealkylation sites (N-methyl/N-ethyl adjacent to an activating group) is 1. The van der Waals surface area contributed by atoms with Crippen molar-refractivity contribution in [2.75, 3.05) is 37.8 Å². The Labute approximate surface area is 122 Å². The van der Waals surface area contributed by atoms with Crippen LogP contribution in [-0.4, -0.2) is 44.2 Å². The average molecular weight is 277 g/mol. The molecule has 0 aliphatic carbocycles. The van der Waals surface area contributed by atoms with Crippen LogP contribution in [0, 0.1) is 0 Å². The zero-order valence-corrected chi connectivity index (χ0v) is 13.1. The van der Waals surface area contributed by atoms with Gasteiger partial charge in [-0.2, -0.15) is 0 Å². The molecule has 1 unspecified atom stereocenters. The molecule has 0 radical (unpaired) electrons. The second-order valence-corrected chi connectivity index (χ2v) is 6.06. The monoisotopic (exact) mass is 277 g/mol. The van der Waals surface area contributed by atoms with Crippen LogP contribution in [0.5, 0.6) is 5.75 Å². The fourth-order valence-corrected chi connectivity index (χ4v) is 2.76. The minimum absolute atomic E-state index is 0.142. The summed E-state index contributed by atoms with van der Waals surface area (Å²) in [4.78, 5) is 4.69. The van der Waals surface area contributed by atoms with Gasteiger partial charge in [0.05, 0.1) is 17.5 Å². The highest BCUT2D eigenvalue weighted by Gasteiger charge is 2.23. The fourth-order valence-electron chi connectivity index (χ4n) is 2.76. The maximum absolute atomic E-state index is 6.30. The first-order valence-electron chi connectivity index (χ1n) is 7.45. The third kappa shape index (κ3) is 3.37. The summed E-state index contributed by atoms with van der Waals surface area (Å²) in [6, 6.07) is 6.67. The van der Waals surface area contributed by atoms with E-state index in [1.54, 1.807) is 0 Å². The Bertz CT molecular complexity index is 445. The number of rotatable bonds is 4. The molecule has 0 spiro atoms. The van der Waals surface area contributed by atoms with Crippen LogP contribution >= 0.6 is 0 Å². The second kappa shape index (κ2) is 6.35. The van der Waals surface area contributed by atoms with Crippen LogP contribution in [0.15, 0.2) is 18.2 Å². The highest BCUT2D eigenvalue weighted by molar-refractivity contribution is 5.74. The minimum Gasteiger partial charge on any atom is -0.489 e.